The van der Waals surface area contributed by atoms with Crippen LogP contribution in [0.5, 0.6) is 0 Å². The Morgan fingerprint density at radius 2 is 1.79 bits per heavy atom. The van der Waals surface area contributed by atoms with Crippen molar-refractivity contribution in [1.29, 1.82) is 0 Å². The van der Waals surface area contributed by atoms with Gasteiger partial charge in [0.2, 0.25) is 5.82 Å². The average Bonchev–Trinajstić information content (AvgIpc) is 2.97. The topological polar surface area (TPSA) is 91.7 Å². The van der Waals surface area contributed by atoms with E-state index < -0.39 is 20.1 Å². The second-order valence-corrected chi connectivity index (χ2v) is 13.2. The van der Waals surface area contributed by atoms with Gasteiger partial charge < -0.3 is 15.0 Å². The second kappa shape index (κ2) is 7.47. The predicted octanol–water partition coefficient (Wildman–Crippen LogP) is 3.80. The normalized spacial score (nSPS) is 12.6. The van der Waals surface area contributed by atoms with Crippen LogP contribution in [0.1, 0.15) is 5.82 Å². The third-order valence-electron chi connectivity index (χ3n) is 4.13. The van der Waals surface area contributed by atoms with E-state index in [1.807, 2.05) is 0 Å². The first-order chi connectivity index (χ1) is 13.1. The van der Waals surface area contributed by atoms with Gasteiger partial charge in [0.25, 0.3) is 0 Å². The number of ether oxygens (including phenoxy) is 1. The van der Waals surface area contributed by atoms with Crippen molar-refractivity contribution in [3.63, 3.8) is 0 Å². The number of halogens is 3. The van der Waals surface area contributed by atoms with Gasteiger partial charge in [0.15, 0.2) is 0 Å². The zero-order valence-corrected chi connectivity index (χ0v) is 16.8. The summed E-state index contributed by atoms with van der Waals surface area (Å²) in [5.41, 5.74) is 7.48. The lowest BCUT2D eigenvalue weighted by Crippen LogP contribution is -2.22. The van der Waals surface area contributed by atoms with E-state index in [2.05, 4.69) is 39.6 Å². The molecule has 0 spiro atoms. The van der Waals surface area contributed by atoms with Crippen LogP contribution in [0.3, 0.4) is 0 Å². The molecule has 0 aliphatic heterocycles. The Labute approximate surface area is 160 Å². The van der Waals surface area contributed by atoms with Crippen LogP contribution in [-0.2, 0) is 17.6 Å². The summed E-state index contributed by atoms with van der Waals surface area (Å²) < 4.78 is 45.7. The lowest BCUT2D eigenvalue weighted by Gasteiger charge is -2.15. The van der Waals surface area contributed by atoms with Gasteiger partial charge in [0.1, 0.15) is 24.5 Å². The highest BCUT2D eigenvalue weighted by atomic mass is 28.3. The Kier molecular flexibility index (Phi) is 5.39. The van der Waals surface area contributed by atoms with Gasteiger partial charge in [-0.3, -0.25) is 0 Å². The molecule has 0 radical (unpaired) electrons. The van der Waals surface area contributed by atoms with Gasteiger partial charge in [-0.05, 0) is 6.04 Å². The number of nitrogens with two attached hydrogens (primary N) is 1. The number of hydrogen-bond acceptors (Lipinski definition) is 6. The molecule has 0 aromatic carbocycles. The number of nitrogen functional groups attached to an aromatic ring is 1. The second-order valence-electron chi connectivity index (χ2n) is 7.61. The summed E-state index contributed by atoms with van der Waals surface area (Å²) >= 11 is 0. The van der Waals surface area contributed by atoms with Crippen LogP contribution < -0.4 is 5.73 Å². The quantitative estimate of drug-likeness (QED) is 0.491. The molecule has 0 amide bonds. The SMILES string of the molecule is C[Si](C)(C)CCOCn1cc(-c2cnc(C(F)(F)F)nc2)c2c(N)ncnc21. The molecule has 3 aromatic heterocycles. The molecule has 28 heavy (non-hydrogen) atoms. The maximum absolute atomic E-state index is 12.7. The molecule has 0 atom stereocenters. The number of nitrogens with zero attached hydrogens (tertiary/aromatic N) is 5. The first-order valence-electron chi connectivity index (χ1n) is 8.63. The smallest absolute Gasteiger partial charge is 0.383 e. The standard InChI is InChI=1S/C17H21F3N6OSi/c1-28(2,3)5-4-27-10-26-8-12(13-14(21)24-9-25-15(13)26)11-6-22-16(23-7-11)17(18,19)20/h6-9H,4-5,10H2,1-3H3,(H2,21,24,25). The Bertz CT molecular complexity index is 966. The molecule has 11 heteroatoms. The van der Waals surface area contributed by atoms with E-state index in [0.29, 0.717) is 28.8 Å². The summed E-state index contributed by atoms with van der Waals surface area (Å²) in [6.07, 6.45) is 0.694. The van der Waals surface area contributed by atoms with Crippen LogP contribution in [0.15, 0.2) is 24.9 Å². The van der Waals surface area contributed by atoms with E-state index in [9.17, 15) is 13.2 Å². The van der Waals surface area contributed by atoms with Crippen molar-refractivity contribution < 1.29 is 17.9 Å². The molecule has 3 heterocycles. The third kappa shape index (κ3) is 4.47. The van der Waals surface area contributed by atoms with Gasteiger partial charge in [-0.15, -0.1) is 0 Å². The van der Waals surface area contributed by atoms with Crippen molar-refractivity contribution in [3.8, 4) is 11.1 Å². The minimum absolute atomic E-state index is 0.223. The van der Waals surface area contributed by atoms with E-state index in [1.165, 1.54) is 6.33 Å². The van der Waals surface area contributed by atoms with Crippen molar-refractivity contribution in [2.45, 2.75) is 38.6 Å². The largest absolute Gasteiger partial charge is 0.451 e. The number of hydrogen-bond donors (Lipinski definition) is 1. The number of rotatable bonds is 6. The fourth-order valence-electron chi connectivity index (χ4n) is 2.62. The van der Waals surface area contributed by atoms with Gasteiger partial charge in [-0.25, -0.2) is 19.9 Å². The average molecular weight is 410 g/mol. The van der Waals surface area contributed by atoms with Crippen molar-refractivity contribution in [2.24, 2.45) is 0 Å². The predicted molar refractivity (Wildman–Crippen MR) is 102 cm³/mol. The van der Waals surface area contributed by atoms with Crippen molar-refractivity contribution in [3.05, 3.63) is 30.7 Å². The first-order valence-corrected chi connectivity index (χ1v) is 12.3. The lowest BCUT2D eigenvalue weighted by molar-refractivity contribution is -0.144. The molecule has 7 nitrogen and oxygen atoms in total. The van der Waals surface area contributed by atoms with Gasteiger partial charge >= 0.3 is 6.18 Å². The van der Waals surface area contributed by atoms with Gasteiger partial charge in [0.05, 0.1) is 5.39 Å². The van der Waals surface area contributed by atoms with Gasteiger partial charge in [-0.2, -0.15) is 13.2 Å². The highest BCUT2D eigenvalue weighted by Gasteiger charge is 2.34. The van der Waals surface area contributed by atoms with Crippen molar-refractivity contribution >= 4 is 24.9 Å². The molecule has 0 bridgehead atoms. The molecular weight excluding hydrogens is 389 g/mol. The van der Waals surface area contributed by atoms with Crippen LogP contribution >= 0.6 is 0 Å². The Morgan fingerprint density at radius 3 is 2.39 bits per heavy atom. The lowest BCUT2D eigenvalue weighted by atomic mass is 10.1. The maximum Gasteiger partial charge on any atom is 0.451 e. The summed E-state index contributed by atoms with van der Waals surface area (Å²) in [7, 11) is -1.21. The van der Waals surface area contributed by atoms with E-state index in [4.69, 9.17) is 10.5 Å². The molecule has 150 valence electrons. The molecular formula is C17H21F3N6OSi. The van der Waals surface area contributed by atoms with E-state index in [0.717, 1.165) is 18.4 Å². The first kappa shape index (κ1) is 20.2. The van der Waals surface area contributed by atoms with Crippen molar-refractivity contribution in [2.75, 3.05) is 12.3 Å². The molecule has 0 aliphatic rings. The summed E-state index contributed by atoms with van der Waals surface area (Å²) in [5, 5.41) is 0.527. The molecule has 3 aromatic rings. The third-order valence-corrected chi connectivity index (χ3v) is 5.83. The van der Waals surface area contributed by atoms with E-state index in [1.54, 1.807) is 10.8 Å². The Balaban J connectivity index is 1.93. The maximum atomic E-state index is 12.7. The van der Waals surface area contributed by atoms with Crippen LogP contribution in [-0.4, -0.2) is 39.2 Å². The molecule has 2 N–H and O–H groups in total. The Hall–Kier alpha value is -2.53. The minimum atomic E-state index is -4.60. The van der Waals surface area contributed by atoms with Crippen LogP contribution in [0.2, 0.25) is 25.7 Å². The molecule has 0 unspecified atom stereocenters. The molecule has 0 aliphatic carbocycles. The molecule has 3 rings (SSSR count). The number of fused-ring (bicyclic) bond motifs is 1. The number of anilines is 1. The van der Waals surface area contributed by atoms with Crippen molar-refractivity contribution in [1.82, 2.24) is 24.5 Å². The van der Waals surface area contributed by atoms with Crippen LogP contribution in [0, 0.1) is 0 Å². The molecule has 0 saturated carbocycles. The molecule has 0 fully saturated rings. The fourth-order valence-corrected chi connectivity index (χ4v) is 3.38. The van der Waals surface area contributed by atoms with Gasteiger partial charge in [-0.1, -0.05) is 19.6 Å². The highest BCUT2D eigenvalue weighted by Crippen LogP contribution is 2.33. The minimum Gasteiger partial charge on any atom is -0.383 e. The monoisotopic (exact) mass is 410 g/mol. The van der Waals surface area contributed by atoms with Gasteiger partial charge in [0, 0.05) is 44.4 Å². The fraction of sp³-hybridized carbons (Fsp3) is 0.412. The zero-order chi connectivity index (χ0) is 20.5. The summed E-state index contributed by atoms with van der Waals surface area (Å²) in [6, 6.07) is 1.02. The van der Waals surface area contributed by atoms with E-state index in [-0.39, 0.29) is 12.5 Å². The Morgan fingerprint density at radius 1 is 1.11 bits per heavy atom. The summed E-state index contributed by atoms with van der Waals surface area (Å²) in [5.74, 6) is -0.973. The number of alkyl halides is 3. The van der Waals surface area contributed by atoms with Crippen LogP contribution in [0.25, 0.3) is 22.2 Å². The summed E-state index contributed by atoms with van der Waals surface area (Å²) in [6.45, 7) is 7.65. The van der Waals surface area contributed by atoms with Crippen LogP contribution in [0.4, 0.5) is 19.0 Å². The highest BCUT2D eigenvalue weighted by molar-refractivity contribution is 6.76. The number of aromatic nitrogens is 5. The van der Waals surface area contributed by atoms with E-state index >= 15 is 0 Å². The molecule has 0 saturated heterocycles. The summed E-state index contributed by atoms with van der Waals surface area (Å²) in [4.78, 5) is 15.1. The zero-order valence-electron chi connectivity index (χ0n) is 15.8.